The van der Waals surface area contributed by atoms with Gasteiger partial charge in [-0.3, -0.25) is 4.90 Å². The van der Waals surface area contributed by atoms with Crippen molar-refractivity contribution in [1.29, 1.82) is 0 Å². The molecule has 0 saturated carbocycles. The molecule has 0 aromatic heterocycles. The van der Waals surface area contributed by atoms with Gasteiger partial charge in [-0.2, -0.15) is 0 Å². The van der Waals surface area contributed by atoms with Crippen molar-refractivity contribution in [2.24, 2.45) is 0 Å². The fourth-order valence-corrected chi connectivity index (χ4v) is 2.53. The van der Waals surface area contributed by atoms with Crippen LogP contribution in [-0.2, 0) is 11.3 Å². The van der Waals surface area contributed by atoms with Crippen LogP contribution in [0.3, 0.4) is 0 Å². The second-order valence-corrected chi connectivity index (χ2v) is 5.49. The third-order valence-corrected chi connectivity index (χ3v) is 3.34. The highest BCUT2D eigenvalue weighted by Gasteiger charge is 2.21. The molecule has 1 aromatic rings. The first-order chi connectivity index (χ1) is 7.63. The molecule has 0 N–H and O–H groups in total. The van der Waals surface area contributed by atoms with Gasteiger partial charge in [0.2, 0.25) is 0 Å². The second kappa shape index (κ2) is 6.74. The summed E-state index contributed by atoms with van der Waals surface area (Å²) in [7, 11) is 0. The normalized spacial score (nSPS) is 25.4. The molecule has 1 fully saturated rings. The standard InChI is InChI=1S/C13H18BrNO.ClH/c1-10-7-15(8-11(2)16-10)9-12-3-5-13(14)6-4-12;/h3-6,10-11H,7-9H2,1-2H3;1H. The zero-order valence-corrected chi connectivity index (χ0v) is 12.6. The maximum absolute atomic E-state index is 5.72. The van der Waals surface area contributed by atoms with Gasteiger partial charge in [0.15, 0.2) is 0 Å². The van der Waals surface area contributed by atoms with Crippen molar-refractivity contribution in [1.82, 2.24) is 4.90 Å². The molecule has 1 aromatic carbocycles. The third-order valence-electron chi connectivity index (χ3n) is 2.81. The van der Waals surface area contributed by atoms with E-state index in [1.807, 2.05) is 0 Å². The molecule has 17 heavy (non-hydrogen) atoms. The van der Waals surface area contributed by atoms with Crippen molar-refractivity contribution in [3.63, 3.8) is 0 Å². The number of rotatable bonds is 2. The highest BCUT2D eigenvalue weighted by atomic mass is 79.9. The summed E-state index contributed by atoms with van der Waals surface area (Å²) >= 11 is 3.46. The Kier molecular flexibility index (Phi) is 5.93. The largest absolute Gasteiger partial charge is 0.373 e. The summed E-state index contributed by atoms with van der Waals surface area (Å²) in [5.41, 5.74) is 1.37. The zero-order chi connectivity index (χ0) is 11.5. The van der Waals surface area contributed by atoms with Crippen LogP contribution in [0.4, 0.5) is 0 Å². The minimum Gasteiger partial charge on any atom is -0.373 e. The van der Waals surface area contributed by atoms with Gasteiger partial charge in [-0.05, 0) is 31.5 Å². The number of nitrogens with zero attached hydrogens (tertiary/aromatic N) is 1. The molecular formula is C13H19BrClNO. The Bertz CT molecular complexity index is 334. The van der Waals surface area contributed by atoms with Crippen molar-refractivity contribution in [2.45, 2.75) is 32.6 Å². The van der Waals surface area contributed by atoms with E-state index in [-0.39, 0.29) is 12.4 Å². The van der Waals surface area contributed by atoms with E-state index in [9.17, 15) is 0 Å². The number of hydrogen-bond donors (Lipinski definition) is 0. The zero-order valence-electron chi connectivity index (χ0n) is 10.2. The monoisotopic (exact) mass is 319 g/mol. The Labute approximate surface area is 118 Å². The third kappa shape index (κ3) is 4.59. The Morgan fingerprint density at radius 2 is 1.71 bits per heavy atom. The average molecular weight is 321 g/mol. The van der Waals surface area contributed by atoms with E-state index in [0.29, 0.717) is 12.2 Å². The lowest BCUT2D eigenvalue weighted by molar-refractivity contribution is -0.0704. The number of benzene rings is 1. The molecular weight excluding hydrogens is 302 g/mol. The van der Waals surface area contributed by atoms with Crippen LogP contribution in [0.2, 0.25) is 0 Å². The summed E-state index contributed by atoms with van der Waals surface area (Å²) in [6, 6.07) is 8.55. The molecule has 0 bridgehead atoms. The van der Waals surface area contributed by atoms with Gasteiger partial charge in [-0.25, -0.2) is 0 Å². The maximum atomic E-state index is 5.72. The summed E-state index contributed by atoms with van der Waals surface area (Å²) < 4.78 is 6.86. The van der Waals surface area contributed by atoms with Gasteiger partial charge >= 0.3 is 0 Å². The van der Waals surface area contributed by atoms with Crippen molar-refractivity contribution in [2.75, 3.05) is 13.1 Å². The van der Waals surface area contributed by atoms with Gasteiger partial charge in [0.25, 0.3) is 0 Å². The van der Waals surface area contributed by atoms with Crippen molar-refractivity contribution in [3.05, 3.63) is 34.3 Å². The lowest BCUT2D eigenvalue weighted by Crippen LogP contribution is -2.44. The quantitative estimate of drug-likeness (QED) is 0.827. The van der Waals surface area contributed by atoms with E-state index in [0.717, 1.165) is 24.1 Å². The summed E-state index contributed by atoms with van der Waals surface area (Å²) in [5, 5.41) is 0. The summed E-state index contributed by atoms with van der Waals surface area (Å²) in [6.45, 7) is 7.36. The van der Waals surface area contributed by atoms with Crippen LogP contribution in [0, 0.1) is 0 Å². The minimum absolute atomic E-state index is 0. The average Bonchev–Trinajstić information content (AvgIpc) is 2.20. The molecule has 1 heterocycles. The molecule has 0 amide bonds. The maximum Gasteiger partial charge on any atom is 0.0678 e. The van der Waals surface area contributed by atoms with Crippen LogP contribution in [0.15, 0.2) is 28.7 Å². The van der Waals surface area contributed by atoms with Gasteiger partial charge in [0, 0.05) is 24.1 Å². The van der Waals surface area contributed by atoms with Gasteiger partial charge in [0.1, 0.15) is 0 Å². The van der Waals surface area contributed by atoms with Gasteiger partial charge in [0.05, 0.1) is 12.2 Å². The Balaban J connectivity index is 0.00000144. The molecule has 1 aliphatic heterocycles. The van der Waals surface area contributed by atoms with Gasteiger partial charge in [-0.1, -0.05) is 28.1 Å². The van der Waals surface area contributed by atoms with Crippen LogP contribution in [-0.4, -0.2) is 30.2 Å². The summed E-state index contributed by atoms with van der Waals surface area (Å²) in [6.07, 6.45) is 0.693. The smallest absolute Gasteiger partial charge is 0.0678 e. The lowest BCUT2D eigenvalue weighted by Gasteiger charge is -2.35. The molecule has 2 nitrogen and oxygen atoms in total. The first-order valence-corrected chi connectivity index (χ1v) is 6.55. The Hall–Kier alpha value is -0.0900. The van der Waals surface area contributed by atoms with E-state index in [2.05, 4.69) is 58.9 Å². The molecule has 96 valence electrons. The van der Waals surface area contributed by atoms with Crippen LogP contribution in [0.1, 0.15) is 19.4 Å². The number of ether oxygens (including phenoxy) is 1. The first-order valence-electron chi connectivity index (χ1n) is 5.76. The summed E-state index contributed by atoms with van der Waals surface area (Å²) in [5.74, 6) is 0. The first kappa shape index (κ1) is 15.0. The fourth-order valence-electron chi connectivity index (χ4n) is 2.26. The molecule has 4 heteroatoms. The molecule has 0 aliphatic carbocycles. The van der Waals surface area contributed by atoms with E-state index >= 15 is 0 Å². The van der Waals surface area contributed by atoms with Crippen LogP contribution >= 0.6 is 28.3 Å². The van der Waals surface area contributed by atoms with Gasteiger partial charge < -0.3 is 4.74 Å². The van der Waals surface area contributed by atoms with Crippen molar-refractivity contribution >= 4 is 28.3 Å². The highest BCUT2D eigenvalue weighted by Crippen LogP contribution is 2.16. The van der Waals surface area contributed by atoms with Crippen LogP contribution in [0.25, 0.3) is 0 Å². The molecule has 0 radical (unpaired) electrons. The topological polar surface area (TPSA) is 12.5 Å². The van der Waals surface area contributed by atoms with Crippen molar-refractivity contribution < 1.29 is 4.74 Å². The molecule has 2 rings (SSSR count). The molecule has 0 spiro atoms. The molecule has 2 atom stereocenters. The lowest BCUT2D eigenvalue weighted by atomic mass is 10.1. The minimum atomic E-state index is 0. The van der Waals surface area contributed by atoms with Crippen molar-refractivity contribution in [3.8, 4) is 0 Å². The Morgan fingerprint density at radius 1 is 1.18 bits per heavy atom. The number of halogens is 2. The SMILES string of the molecule is CC1CN(Cc2ccc(Br)cc2)CC(C)O1.Cl. The van der Waals surface area contributed by atoms with Crippen LogP contribution < -0.4 is 0 Å². The van der Waals surface area contributed by atoms with E-state index in [1.165, 1.54) is 5.56 Å². The molecule has 1 aliphatic rings. The molecule has 1 saturated heterocycles. The van der Waals surface area contributed by atoms with E-state index in [4.69, 9.17) is 4.74 Å². The Morgan fingerprint density at radius 3 is 2.24 bits per heavy atom. The number of morpholine rings is 1. The fraction of sp³-hybridized carbons (Fsp3) is 0.538. The summed E-state index contributed by atoms with van der Waals surface area (Å²) in [4.78, 5) is 2.46. The van der Waals surface area contributed by atoms with E-state index < -0.39 is 0 Å². The number of hydrogen-bond acceptors (Lipinski definition) is 2. The predicted molar refractivity (Wildman–Crippen MR) is 76.7 cm³/mol. The molecule has 2 unspecified atom stereocenters. The van der Waals surface area contributed by atoms with Gasteiger partial charge in [-0.15, -0.1) is 12.4 Å². The predicted octanol–water partition coefficient (Wildman–Crippen LogP) is 3.48. The van der Waals surface area contributed by atoms with E-state index in [1.54, 1.807) is 0 Å². The second-order valence-electron chi connectivity index (χ2n) is 4.58. The highest BCUT2D eigenvalue weighted by molar-refractivity contribution is 9.10. The van der Waals surface area contributed by atoms with Crippen LogP contribution in [0.5, 0.6) is 0 Å².